The van der Waals surface area contributed by atoms with Gasteiger partial charge >= 0.3 is 0 Å². The zero-order chi connectivity index (χ0) is 11.3. The van der Waals surface area contributed by atoms with Crippen LogP contribution in [-0.2, 0) is 4.79 Å². The third-order valence-electron chi connectivity index (χ3n) is 1.81. The predicted molar refractivity (Wildman–Crippen MR) is 64.2 cm³/mol. The minimum Gasteiger partial charge on any atom is -0.399 e. The molecule has 1 rings (SSSR count). The lowest BCUT2D eigenvalue weighted by atomic mass is 10.2. The number of hydrogen-bond donors (Lipinski definition) is 3. The average Bonchev–Trinajstić information content (AvgIpc) is 2.17. The highest BCUT2D eigenvalue weighted by atomic mass is 35.5. The van der Waals surface area contributed by atoms with E-state index in [1.807, 2.05) is 0 Å². The topological polar surface area (TPSA) is 98.2 Å². The summed E-state index contributed by atoms with van der Waals surface area (Å²) in [5.41, 5.74) is 11.4. The van der Waals surface area contributed by atoms with Crippen LogP contribution in [0.2, 0.25) is 0 Å². The van der Waals surface area contributed by atoms with Crippen molar-refractivity contribution in [2.24, 2.45) is 5.73 Å². The SMILES string of the molecule is Cl.NC(=O)CCNC(=O)c1cccc(N)c1. The molecule has 0 saturated carbocycles. The number of primary amides is 1. The highest BCUT2D eigenvalue weighted by molar-refractivity contribution is 5.95. The highest BCUT2D eigenvalue weighted by Gasteiger charge is 2.04. The fourth-order valence-corrected chi connectivity index (χ4v) is 1.08. The van der Waals surface area contributed by atoms with Crippen LogP contribution in [0.25, 0.3) is 0 Å². The van der Waals surface area contributed by atoms with Crippen LogP contribution in [0, 0.1) is 0 Å². The Labute approximate surface area is 99.6 Å². The molecule has 5 nitrogen and oxygen atoms in total. The molecule has 0 bridgehead atoms. The molecule has 0 aliphatic rings. The quantitative estimate of drug-likeness (QED) is 0.663. The molecule has 16 heavy (non-hydrogen) atoms. The van der Waals surface area contributed by atoms with Crippen molar-refractivity contribution < 1.29 is 9.59 Å². The van der Waals surface area contributed by atoms with Gasteiger partial charge in [0.15, 0.2) is 0 Å². The molecular formula is C10H14ClN3O2. The van der Waals surface area contributed by atoms with E-state index in [0.717, 1.165) is 0 Å². The first-order chi connectivity index (χ1) is 7.09. The first kappa shape index (κ1) is 14.2. The van der Waals surface area contributed by atoms with Crippen molar-refractivity contribution in [1.29, 1.82) is 0 Å². The number of hydrogen-bond acceptors (Lipinski definition) is 3. The molecule has 1 aromatic carbocycles. The van der Waals surface area contributed by atoms with Crippen molar-refractivity contribution in [2.75, 3.05) is 12.3 Å². The Hall–Kier alpha value is -1.75. The summed E-state index contributed by atoms with van der Waals surface area (Å²) in [6.45, 7) is 0.239. The van der Waals surface area contributed by atoms with E-state index in [1.165, 1.54) is 0 Å². The fraction of sp³-hybridized carbons (Fsp3) is 0.200. The van der Waals surface area contributed by atoms with E-state index in [4.69, 9.17) is 11.5 Å². The first-order valence-electron chi connectivity index (χ1n) is 4.51. The average molecular weight is 244 g/mol. The first-order valence-corrected chi connectivity index (χ1v) is 4.51. The van der Waals surface area contributed by atoms with Gasteiger partial charge in [-0.25, -0.2) is 0 Å². The standard InChI is InChI=1S/C10H13N3O2.ClH/c11-8-3-1-2-7(6-8)10(15)13-5-4-9(12)14;/h1-3,6H,4-5,11H2,(H2,12,14)(H,13,15);1H. The minimum atomic E-state index is -0.442. The molecule has 0 heterocycles. The van der Waals surface area contributed by atoms with Gasteiger partial charge < -0.3 is 16.8 Å². The Morgan fingerprint density at radius 2 is 2.00 bits per heavy atom. The maximum absolute atomic E-state index is 11.5. The molecule has 5 N–H and O–H groups in total. The molecule has 0 aliphatic heterocycles. The summed E-state index contributed by atoms with van der Waals surface area (Å²) in [5.74, 6) is -0.702. The van der Waals surface area contributed by atoms with Crippen LogP contribution in [0.15, 0.2) is 24.3 Å². The summed E-state index contributed by atoms with van der Waals surface area (Å²) in [4.78, 5) is 21.9. The Balaban J connectivity index is 0.00000225. The Morgan fingerprint density at radius 3 is 2.56 bits per heavy atom. The number of nitrogen functional groups attached to an aromatic ring is 1. The monoisotopic (exact) mass is 243 g/mol. The number of halogens is 1. The van der Waals surface area contributed by atoms with Crippen LogP contribution >= 0.6 is 12.4 Å². The van der Waals surface area contributed by atoms with Crippen LogP contribution in [0.1, 0.15) is 16.8 Å². The number of carbonyl (C=O) groups excluding carboxylic acids is 2. The summed E-state index contributed by atoms with van der Waals surface area (Å²) in [6, 6.07) is 6.61. The molecule has 1 aromatic rings. The third kappa shape index (κ3) is 4.65. The van der Waals surface area contributed by atoms with Crippen LogP contribution in [0.4, 0.5) is 5.69 Å². The van der Waals surface area contributed by atoms with Crippen molar-refractivity contribution >= 4 is 29.9 Å². The smallest absolute Gasteiger partial charge is 0.251 e. The largest absolute Gasteiger partial charge is 0.399 e. The molecule has 0 atom stereocenters. The number of nitrogens with two attached hydrogens (primary N) is 2. The van der Waals surface area contributed by atoms with Gasteiger partial charge in [0.2, 0.25) is 5.91 Å². The van der Waals surface area contributed by atoms with Gasteiger partial charge in [-0.3, -0.25) is 9.59 Å². The van der Waals surface area contributed by atoms with Gasteiger partial charge in [-0.15, -0.1) is 12.4 Å². The molecule has 0 radical (unpaired) electrons. The van der Waals surface area contributed by atoms with Crippen LogP contribution in [0.3, 0.4) is 0 Å². The van der Waals surface area contributed by atoms with Gasteiger partial charge in [0.05, 0.1) is 0 Å². The number of amides is 2. The van der Waals surface area contributed by atoms with Crippen molar-refractivity contribution in [3.05, 3.63) is 29.8 Å². The number of nitrogens with one attached hydrogen (secondary N) is 1. The molecule has 0 spiro atoms. The normalized spacial score (nSPS) is 9.00. The lowest BCUT2D eigenvalue weighted by Gasteiger charge is -2.04. The van der Waals surface area contributed by atoms with E-state index < -0.39 is 5.91 Å². The van der Waals surface area contributed by atoms with Gasteiger partial charge in [-0.1, -0.05) is 6.07 Å². The Bertz CT molecular complexity index is 382. The van der Waals surface area contributed by atoms with Crippen molar-refractivity contribution in [3.63, 3.8) is 0 Å². The summed E-state index contributed by atoms with van der Waals surface area (Å²) >= 11 is 0. The van der Waals surface area contributed by atoms with Crippen LogP contribution in [0.5, 0.6) is 0 Å². The summed E-state index contributed by atoms with van der Waals surface area (Å²) < 4.78 is 0. The van der Waals surface area contributed by atoms with E-state index in [2.05, 4.69) is 5.32 Å². The summed E-state index contributed by atoms with van der Waals surface area (Å²) in [6.07, 6.45) is 0.133. The molecule has 0 unspecified atom stereocenters. The molecule has 0 fully saturated rings. The second-order valence-corrected chi connectivity index (χ2v) is 3.10. The number of rotatable bonds is 4. The Kier molecular flexibility index (Phi) is 5.95. The fourth-order valence-electron chi connectivity index (χ4n) is 1.08. The second-order valence-electron chi connectivity index (χ2n) is 3.10. The minimum absolute atomic E-state index is 0. The maximum Gasteiger partial charge on any atom is 0.251 e. The van der Waals surface area contributed by atoms with Gasteiger partial charge in [0.25, 0.3) is 5.91 Å². The lowest BCUT2D eigenvalue weighted by molar-refractivity contribution is -0.117. The van der Waals surface area contributed by atoms with Gasteiger partial charge in [-0.2, -0.15) is 0 Å². The van der Waals surface area contributed by atoms with E-state index >= 15 is 0 Å². The van der Waals surface area contributed by atoms with Gasteiger partial charge in [0, 0.05) is 24.2 Å². The number of anilines is 1. The summed E-state index contributed by atoms with van der Waals surface area (Å²) in [7, 11) is 0. The van der Waals surface area contributed by atoms with Crippen molar-refractivity contribution in [3.8, 4) is 0 Å². The van der Waals surface area contributed by atoms with E-state index in [0.29, 0.717) is 11.3 Å². The van der Waals surface area contributed by atoms with E-state index in [1.54, 1.807) is 24.3 Å². The molecule has 6 heteroatoms. The van der Waals surface area contributed by atoms with Crippen molar-refractivity contribution in [2.45, 2.75) is 6.42 Å². The van der Waals surface area contributed by atoms with Gasteiger partial charge in [0.1, 0.15) is 0 Å². The van der Waals surface area contributed by atoms with E-state index in [-0.39, 0.29) is 31.3 Å². The van der Waals surface area contributed by atoms with Gasteiger partial charge in [-0.05, 0) is 18.2 Å². The lowest BCUT2D eigenvalue weighted by Crippen LogP contribution is -2.27. The molecule has 0 aliphatic carbocycles. The van der Waals surface area contributed by atoms with Crippen LogP contribution in [-0.4, -0.2) is 18.4 Å². The zero-order valence-corrected chi connectivity index (χ0v) is 9.42. The Morgan fingerprint density at radius 1 is 1.31 bits per heavy atom. The number of benzene rings is 1. The summed E-state index contributed by atoms with van der Waals surface area (Å²) in [5, 5.41) is 2.56. The number of carbonyl (C=O) groups is 2. The van der Waals surface area contributed by atoms with Crippen LogP contribution < -0.4 is 16.8 Å². The van der Waals surface area contributed by atoms with Crippen molar-refractivity contribution in [1.82, 2.24) is 5.32 Å². The van der Waals surface area contributed by atoms with E-state index in [9.17, 15) is 9.59 Å². The predicted octanol–water partition coefficient (Wildman–Crippen LogP) is 0.296. The molecule has 0 saturated heterocycles. The zero-order valence-electron chi connectivity index (χ0n) is 8.60. The molecular weight excluding hydrogens is 230 g/mol. The second kappa shape index (κ2) is 6.68. The maximum atomic E-state index is 11.5. The molecule has 0 aromatic heterocycles. The third-order valence-corrected chi connectivity index (χ3v) is 1.81. The molecule has 2 amide bonds. The highest BCUT2D eigenvalue weighted by Crippen LogP contribution is 2.05. The molecule has 88 valence electrons.